The van der Waals surface area contributed by atoms with Crippen molar-refractivity contribution in [2.24, 2.45) is 5.92 Å². The predicted octanol–water partition coefficient (Wildman–Crippen LogP) is 2.21. The van der Waals surface area contributed by atoms with Gasteiger partial charge in [0.05, 0.1) is 27.4 Å². The van der Waals surface area contributed by atoms with E-state index in [2.05, 4.69) is 5.32 Å². The third-order valence-electron chi connectivity index (χ3n) is 6.84. The first-order valence-electron chi connectivity index (χ1n) is 12.2. The maximum Gasteiger partial charge on any atom is 0.253 e. The highest BCUT2D eigenvalue weighted by molar-refractivity contribution is 5.98. The fraction of sp³-hybridized carbons (Fsp3) is 0.444. The third kappa shape index (κ3) is 5.96. The van der Waals surface area contributed by atoms with Gasteiger partial charge in [-0.1, -0.05) is 6.07 Å². The van der Waals surface area contributed by atoms with Gasteiger partial charge in [-0.25, -0.2) is 0 Å². The van der Waals surface area contributed by atoms with Gasteiger partial charge in [0.25, 0.3) is 11.8 Å². The molecular weight excluding hydrogens is 462 g/mol. The number of hydrogen-bond donors (Lipinski definition) is 1. The molecule has 2 aliphatic rings. The van der Waals surface area contributed by atoms with Crippen molar-refractivity contribution in [3.63, 3.8) is 0 Å². The van der Waals surface area contributed by atoms with Crippen LogP contribution >= 0.6 is 0 Å². The van der Waals surface area contributed by atoms with Crippen molar-refractivity contribution in [3.8, 4) is 11.5 Å². The lowest BCUT2D eigenvalue weighted by atomic mass is 9.87. The van der Waals surface area contributed by atoms with Gasteiger partial charge < -0.3 is 29.3 Å². The molecule has 0 spiro atoms. The van der Waals surface area contributed by atoms with Crippen LogP contribution in [0.25, 0.3) is 0 Å². The van der Waals surface area contributed by atoms with Gasteiger partial charge in [0.2, 0.25) is 5.91 Å². The van der Waals surface area contributed by atoms with E-state index in [1.54, 1.807) is 72.6 Å². The first kappa shape index (κ1) is 25.5. The number of carbonyl (C=O) groups excluding carboxylic acids is 3. The Kier molecular flexibility index (Phi) is 8.43. The fourth-order valence-electron chi connectivity index (χ4n) is 4.70. The minimum atomic E-state index is -0.681. The highest BCUT2D eigenvalue weighted by atomic mass is 16.5. The van der Waals surface area contributed by atoms with Crippen molar-refractivity contribution in [2.45, 2.75) is 18.9 Å². The third-order valence-corrected chi connectivity index (χ3v) is 6.84. The number of rotatable bonds is 7. The fourth-order valence-corrected chi connectivity index (χ4v) is 4.70. The maximum absolute atomic E-state index is 13.5. The number of methoxy groups -OCH3 is 2. The molecule has 9 heteroatoms. The van der Waals surface area contributed by atoms with E-state index >= 15 is 0 Å². The van der Waals surface area contributed by atoms with Crippen LogP contribution in [0.1, 0.15) is 33.6 Å². The molecule has 0 aliphatic carbocycles. The van der Waals surface area contributed by atoms with Crippen LogP contribution in [-0.2, 0) is 9.53 Å². The largest absolute Gasteiger partial charge is 0.497 e. The van der Waals surface area contributed by atoms with E-state index in [-0.39, 0.29) is 23.6 Å². The van der Waals surface area contributed by atoms with E-state index in [1.165, 1.54) is 0 Å². The van der Waals surface area contributed by atoms with Crippen LogP contribution in [0.4, 0.5) is 0 Å². The number of nitrogens with zero attached hydrogens (tertiary/aromatic N) is 2. The second-order valence-corrected chi connectivity index (χ2v) is 8.98. The molecule has 1 N–H and O–H groups in total. The number of piperidine rings is 1. The smallest absolute Gasteiger partial charge is 0.253 e. The summed E-state index contributed by atoms with van der Waals surface area (Å²) in [6, 6.07) is 13.2. The van der Waals surface area contributed by atoms with Crippen LogP contribution in [0.15, 0.2) is 48.5 Å². The molecule has 0 saturated carbocycles. The van der Waals surface area contributed by atoms with Gasteiger partial charge in [-0.2, -0.15) is 0 Å². The predicted molar refractivity (Wildman–Crippen MR) is 133 cm³/mol. The Balaban J connectivity index is 1.46. The Morgan fingerprint density at radius 2 is 1.53 bits per heavy atom. The second kappa shape index (κ2) is 11.9. The summed E-state index contributed by atoms with van der Waals surface area (Å²) in [5, 5.41) is 3.00. The molecule has 2 aromatic rings. The average Bonchev–Trinajstić information content (AvgIpc) is 2.95. The zero-order chi connectivity index (χ0) is 25.5. The summed E-state index contributed by atoms with van der Waals surface area (Å²) in [6.45, 7) is 2.99. The Labute approximate surface area is 211 Å². The summed E-state index contributed by atoms with van der Waals surface area (Å²) in [4.78, 5) is 43.2. The molecule has 36 heavy (non-hydrogen) atoms. The number of nitrogens with one attached hydrogen (secondary N) is 1. The number of carbonyl (C=O) groups is 3. The molecule has 2 heterocycles. The monoisotopic (exact) mass is 495 g/mol. The van der Waals surface area contributed by atoms with Gasteiger partial charge in [-0.15, -0.1) is 0 Å². The van der Waals surface area contributed by atoms with Gasteiger partial charge in [-0.3, -0.25) is 14.4 Å². The van der Waals surface area contributed by atoms with E-state index < -0.39 is 6.04 Å². The first-order chi connectivity index (χ1) is 17.5. The van der Waals surface area contributed by atoms with Crippen molar-refractivity contribution < 1.29 is 28.6 Å². The molecule has 0 aromatic heterocycles. The molecule has 3 amide bonds. The first-order valence-corrected chi connectivity index (χ1v) is 12.2. The minimum Gasteiger partial charge on any atom is -0.497 e. The van der Waals surface area contributed by atoms with Gasteiger partial charge in [0.1, 0.15) is 17.5 Å². The highest BCUT2D eigenvalue weighted by Crippen LogP contribution is 2.25. The van der Waals surface area contributed by atoms with Crippen LogP contribution < -0.4 is 14.8 Å². The zero-order valence-electron chi connectivity index (χ0n) is 20.8. The molecule has 0 radical (unpaired) electrons. The lowest BCUT2D eigenvalue weighted by Gasteiger charge is -2.38. The molecular formula is C27H33N3O6. The average molecular weight is 496 g/mol. The van der Waals surface area contributed by atoms with Gasteiger partial charge in [0.15, 0.2) is 0 Å². The van der Waals surface area contributed by atoms with Gasteiger partial charge in [0, 0.05) is 37.3 Å². The molecule has 0 bridgehead atoms. The van der Waals surface area contributed by atoms with Crippen LogP contribution in [0, 0.1) is 5.92 Å². The Bertz CT molecular complexity index is 1060. The lowest BCUT2D eigenvalue weighted by molar-refractivity contribution is -0.139. The van der Waals surface area contributed by atoms with E-state index in [4.69, 9.17) is 14.2 Å². The van der Waals surface area contributed by atoms with Crippen molar-refractivity contribution >= 4 is 17.7 Å². The molecule has 9 nitrogen and oxygen atoms in total. The molecule has 0 unspecified atom stereocenters. The topological polar surface area (TPSA) is 97.4 Å². The van der Waals surface area contributed by atoms with Gasteiger partial charge in [-0.05, 0) is 61.2 Å². The summed E-state index contributed by atoms with van der Waals surface area (Å²) in [6.07, 6.45) is 1.22. The zero-order valence-corrected chi connectivity index (χ0v) is 20.8. The van der Waals surface area contributed by atoms with Crippen molar-refractivity contribution in [3.05, 3.63) is 59.7 Å². The van der Waals surface area contributed by atoms with Crippen molar-refractivity contribution in [1.82, 2.24) is 15.1 Å². The molecule has 2 saturated heterocycles. The number of benzene rings is 2. The molecule has 2 aromatic carbocycles. The Morgan fingerprint density at radius 1 is 0.861 bits per heavy atom. The van der Waals surface area contributed by atoms with E-state index in [0.717, 1.165) is 0 Å². The summed E-state index contributed by atoms with van der Waals surface area (Å²) in [5.74, 6) is 0.708. The van der Waals surface area contributed by atoms with Crippen LogP contribution in [0.2, 0.25) is 0 Å². The van der Waals surface area contributed by atoms with E-state index in [9.17, 15) is 14.4 Å². The van der Waals surface area contributed by atoms with Gasteiger partial charge >= 0.3 is 0 Å². The Hall–Kier alpha value is -3.59. The minimum absolute atomic E-state index is 0.0485. The number of ether oxygens (including phenoxy) is 3. The molecule has 1 atom stereocenters. The SMILES string of the molecule is COc1ccc(C(=O)N2CCC([C@@H](NC(=O)c3cccc(OC)c3)C(=O)N3CCOCC3)CC2)cc1. The number of likely N-dealkylation sites (tertiary alicyclic amines) is 1. The number of hydrogen-bond acceptors (Lipinski definition) is 6. The maximum atomic E-state index is 13.5. The Morgan fingerprint density at radius 3 is 2.17 bits per heavy atom. The highest BCUT2D eigenvalue weighted by Gasteiger charge is 2.36. The van der Waals surface area contributed by atoms with Crippen molar-refractivity contribution in [1.29, 1.82) is 0 Å². The van der Waals surface area contributed by atoms with E-state index in [0.29, 0.717) is 74.9 Å². The summed E-state index contributed by atoms with van der Waals surface area (Å²) < 4.78 is 15.8. The summed E-state index contributed by atoms with van der Waals surface area (Å²) >= 11 is 0. The summed E-state index contributed by atoms with van der Waals surface area (Å²) in [5.41, 5.74) is 1.03. The standard InChI is InChI=1S/C27H33N3O6/c1-34-22-8-6-20(7-9-22)26(32)29-12-10-19(11-13-29)24(27(33)30-14-16-36-17-15-30)28-25(31)21-4-3-5-23(18-21)35-2/h3-9,18-19,24H,10-17H2,1-2H3,(H,28,31)/t24-/m1/s1. The van der Waals surface area contributed by atoms with Crippen LogP contribution in [0.3, 0.4) is 0 Å². The number of morpholine rings is 1. The lowest BCUT2D eigenvalue weighted by Crippen LogP contribution is -2.56. The van der Waals surface area contributed by atoms with Crippen molar-refractivity contribution in [2.75, 3.05) is 53.6 Å². The quantitative estimate of drug-likeness (QED) is 0.633. The van der Waals surface area contributed by atoms with E-state index in [1.807, 2.05) is 0 Å². The van der Waals surface area contributed by atoms with Crippen LogP contribution in [0.5, 0.6) is 11.5 Å². The normalized spacial score (nSPS) is 17.3. The second-order valence-electron chi connectivity index (χ2n) is 8.98. The van der Waals surface area contributed by atoms with Crippen LogP contribution in [-0.4, -0.2) is 87.2 Å². The summed E-state index contributed by atoms with van der Waals surface area (Å²) in [7, 11) is 3.13. The number of amides is 3. The molecule has 4 rings (SSSR count). The molecule has 192 valence electrons. The molecule has 2 aliphatic heterocycles. The molecule has 2 fully saturated rings.